The number of hydrogen-bond donors (Lipinski definition) is 1. The predicted molar refractivity (Wildman–Crippen MR) is 72.1 cm³/mol. The molecule has 0 radical (unpaired) electrons. The molecule has 2 aromatic heterocycles. The number of aliphatic hydroxyl groups excluding tert-OH is 1. The molecule has 100 valence electrons. The van der Waals surface area contributed by atoms with Crippen LogP contribution in [0.4, 0.5) is 0 Å². The molecule has 2 aromatic rings. The minimum Gasteiger partial charge on any atom is -0.396 e. The standard InChI is InChI=1S/C14H17N3O2/c1-10-2-3-13-15-12(4-14(19)17(13)5-10)8-16-6-11(7-16)9-18/h2-5,11,18H,6-9H2,1H3. The summed E-state index contributed by atoms with van der Waals surface area (Å²) in [4.78, 5) is 18.7. The molecule has 1 aliphatic rings. The highest BCUT2D eigenvalue weighted by Crippen LogP contribution is 2.16. The summed E-state index contributed by atoms with van der Waals surface area (Å²) in [6.45, 7) is 4.63. The molecule has 5 heteroatoms. The van der Waals surface area contributed by atoms with Crippen LogP contribution in [-0.4, -0.2) is 39.1 Å². The number of rotatable bonds is 3. The van der Waals surface area contributed by atoms with Gasteiger partial charge in [-0.05, 0) is 18.6 Å². The smallest absolute Gasteiger partial charge is 0.258 e. The number of likely N-dealkylation sites (tertiary alicyclic amines) is 1. The second kappa shape index (κ2) is 4.75. The topological polar surface area (TPSA) is 57.8 Å². The molecule has 19 heavy (non-hydrogen) atoms. The van der Waals surface area contributed by atoms with E-state index in [-0.39, 0.29) is 12.2 Å². The fourth-order valence-corrected chi connectivity index (χ4v) is 2.49. The summed E-state index contributed by atoms with van der Waals surface area (Å²) in [7, 11) is 0. The van der Waals surface area contributed by atoms with Crippen LogP contribution < -0.4 is 5.56 Å². The van der Waals surface area contributed by atoms with Gasteiger partial charge in [0.1, 0.15) is 5.65 Å². The van der Waals surface area contributed by atoms with Gasteiger partial charge in [0.05, 0.1) is 5.69 Å². The highest BCUT2D eigenvalue weighted by atomic mass is 16.3. The van der Waals surface area contributed by atoms with Crippen molar-refractivity contribution in [2.24, 2.45) is 5.92 Å². The summed E-state index contributed by atoms with van der Waals surface area (Å²) in [5.41, 5.74) is 2.48. The van der Waals surface area contributed by atoms with Crippen LogP contribution in [0, 0.1) is 12.8 Å². The average Bonchev–Trinajstić information content (AvgIpc) is 2.34. The number of hydrogen-bond acceptors (Lipinski definition) is 4. The Kier molecular flexibility index (Phi) is 3.08. The molecule has 3 heterocycles. The van der Waals surface area contributed by atoms with Crippen molar-refractivity contribution in [3.05, 3.63) is 46.0 Å². The highest BCUT2D eigenvalue weighted by Gasteiger charge is 2.26. The molecule has 1 saturated heterocycles. The summed E-state index contributed by atoms with van der Waals surface area (Å²) in [5.74, 6) is 0.379. The first kappa shape index (κ1) is 12.3. The molecular weight excluding hydrogens is 242 g/mol. The molecule has 0 amide bonds. The second-order valence-corrected chi connectivity index (χ2v) is 5.26. The van der Waals surface area contributed by atoms with E-state index >= 15 is 0 Å². The van der Waals surface area contributed by atoms with Crippen molar-refractivity contribution in [1.29, 1.82) is 0 Å². The number of aromatic nitrogens is 2. The van der Waals surface area contributed by atoms with Gasteiger partial charge in [-0.15, -0.1) is 0 Å². The summed E-state index contributed by atoms with van der Waals surface area (Å²) >= 11 is 0. The van der Waals surface area contributed by atoms with E-state index in [4.69, 9.17) is 5.11 Å². The number of aliphatic hydroxyl groups is 1. The van der Waals surface area contributed by atoms with Crippen molar-refractivity contribution < 1.29 is 5.11 Å². The molecule has 1 fully saturated rings. The zero-order valence-electron chi connectivity index (χ0n) is 10.9. The third-order valence-corrected chi connectivity index (χ3v) is 3.54. The number of aryl methyl sites for hydroxylation is 1. The Bertz CT molecular complexity index is 659. The fraction of sp³-hybridized carbons (Fsp3) is 0.429. The Labute approximate surface area is 111 Å². The van der Waals surface area contributed by atoms with Gasteiger partial charge in [0, 0.05) is 44.4 Å². The summed E-state index contributed by atoms with van der Waals surface area (Å²) in [5, 5.41) is 8.99. The lowest BCUT2D eigenvalue weighted by Gasteiger charge is -2.37. The van der Waals surface area contributed by atoms with E-state index in [9.17, 15) is 4.79 Å². The van der Waals surface area contributed by atoms with Crippen LogP contribution >= 0.6 is 0 Å². The first-order valence-corrected chi connectivity index (χ1v) is 6.48. The van der Waals surface area contributed by atoms with Gasteiger partial charge >= 0.3 is 0 Å². The van der Waals surface area contributed by atoms with Crippen molar-refractivity contribution in [3.8, 4) is 0 Å². The minimum absolute atomic E-state index is 0.0390. The maximum atomic E-state index is 12.0. The van der Waals surface area contributed by atoms with Crippen LogP contribution in [0.1, 0.15) is 11.3 Å². The minimum atomic E-state index is -0.0390. The Hall–Kier alpha value is -1.72. The molecule has 0 aliphatic carbocycles. The fourth-order valence-electron chi connectivity index (χ4n) is 2.49. The zero-order chi connectivity index (χ0) is 13.4. The van der Waals surface area contributed by atoms with Crippen molar-refractivity contribution in [2.45, 2.75) is 13.5 Å². The summed E-state index contributed by atoms with van der Waals surface area (Å²) in [6.07, 6.45) is 1.81. The predicted octanol–water partition coefficient (Wildman–Crippen LogP) is 0.427. The van der Waals surface area contributed by atoms with E-state index in [1.54, 1.807) is 16.7 Å². The van der Waals surface area contributed by atoms with E-state index in [0.717, 1.165) is 24.3 Å². The average molecular weight is 259 g/mol. The number of pyridine rings is 1. The van der Waals surface area contributed by atoms with Crippen molar-refractivity contribution in [2.75, 3.05) is 19.7 Å². The van der Waals surface area contributed by atoms with Crippen molar-refractivity contribution in [1.82, 2.24) is 14.3 Å². The Morgan fingerprint density at radius 3 is 2.95 bits per heavy atom. The van der Waals surface area contributed by atoms with Crippen LogP contribution in [0.2, 0.25) is 0 Å². The van der Waals surface area contributed by atoms with Gasteiger partial charge in [0.15, 0.2) is 0 Å². The molecule has 0 spiro atoms. The van der Waals surface area contributed by atoms with Gasteiger partial charge in [-0.25, -0.2) is 4.98 Å². The first-order valence-electron chi connectivity index (χ1n) is 6.48. The molecule has 0 atom stereocenters. The molecule has 0 aromatic carbocycles. The number of fused-ring (bicyclic) bond motifs is 1. The van der Waals surface area contributed by atoms with E-state index in [1.165, 1.54) is 0 Å². The molecular formula is C14H17N3O2. The highest BCUT2D eigenvalue weighted by molar-refractivity contribution is 5.39. The maximum Gasteiger partial charge on any atom is 0.258 e. The van der Waals surface area contributed by atoms with Gasteiger partial charge in [0.25, 0.3) is 5.56 Å². The van der Waals surface area contributed by atoms with Gasteiger partial charge in [0.2, 0.25) is 0 Å². The largest absolute Gasteiger partial charge is 0.396 e. The van der Waals surface area contributed by atoms with Crippen LogP contribution in [-0.2, 0) is 6.54 Å². The van der Waals surface area contributed by atoms with E-state index in [2.05, 4.69) is 9.88 Å². The second-order valence-electron chi connectivity index (χ2n) is 5.26. The summed E-state index contributed by atoms with van der Waals surface area (Å²) < 4.78 is 1.57. The number of nitrogens with zero attached hydrogens (tertiary/aromatic N) is 3. The Morgan fingerprint density at radius 2 is 2.21 bits per heavy atom. The zero-order valence-corrected chi connectivity index (χ0v) is 10.9. The third-order valence-electron chi connectivity index (χ3n) is 3.54. The van der Waals surface area contributed by atoms with Crippen LogP contribution in [0.25, 0.3) is 5.65 Å². The molecule has 5 nitrogen and oxygen atoms in total. The van der Waals surface area contributed by atoms with Gasteiger partial charge < -0.3 is 5.11 Å². The van der Waals surface area contributed by atoms with Gasteiger partial charge in [-0.2, -0.15) is 0 Å². The van der Waals surface area contributed by atoms with Gasteiger partial charge in [-0.3, -0.25) is 14.1 Å². The lowest BCUT2D eigenvalue weighted by Crippen LogP contribution is -2.47. The first-order chi connectivity index (χ1) is 9.15. The van der Waals surface area contributed by atoms with Crippen LogP contribution in [0.15, 0.2) is 29.2 Å². The van der Waals surface area contributed by atoms with Crippen LogP contribution in [0.3, 0.4) is 0 Å². The molecule has 1 N–H and O–H groups in total. The van der Waals surface area contributed by atoms with E-state index < -0.39 is 0 Å². The Balaban J connectivity index is 1.85. The van der Waals surface area contributed by atoms with Crippen LogP contribution in [0.5, 0.6) is 0 Å². The Morgan fingerprint density at radius 1 is 1.42 bits per heavy atom. The molecule has 3 rings (SSSR count). The lowest BCUT2D eigenvalue weighted by atomic mass is 10.0. The van der Waals surface area contributed by atoms with Crippen molar-refractivity contribution >= 4 is 5.65 Å². The summed E-state index contributed by atoms with van der Waals surface area (Å²) in [6, 6.07) is 5.42. The monoisotopic (exact) mass is 259 g/mol. The molecule has 0 saturated carbocycles. The SMILES string of the molecule is Cc1ccc2nc(CN3CC(CO)C3)cc(=O)n2c1. The molecule has 1 aliphatic heterocycles. The normalized spacial score (nSPS) is 16.7. The van der Waals surface area contributed by atoms with E-state index in [0.29, 0.717) is 18.1 Å². The quantitative estimate of drug-likeness (QED) is 0.868. The van der Waals surface area contributed by atoms with Crippen molar-refractivity contribution in [3.63, 3.8) is 0 Å². The maximum absolute atomic E-state index is 12.0. The van der Waals surface area contributed by atoms with Gasteiger partial charge in [-0.1, -0.05) is 6.07 Å². The third kappa shape index (κ3) is 2.39. The lowest BCUT2D eigenvalue weighted by molar-refractivity contribution is 0.0470. The van der Waals surface area contributed by atoms with E-state index in [1.807, 2.05) is 19.1 Å². The molecule has 0 bridgehead atoms. The molecule has 0 unspecified atom stereocenters.